The van der Waals surface area contributed by atoms with Crippen molar-refractivity contribution in [2.75, 3.05) is 5.73 Å². The molecule has 20 heavy (non-hydrogen) atoms. The number of benzene rings is 2. The lowest BCUT2D eigenvalue weighted by atomic mass is 10.0. The van der Waals surface area contributed by atoms with Crippen LogP contribution in [0.15, 0.2) is 42.5 Å². The lowest BCUT2D eigenvalue weighted by Crippen LogP contribution is -2.08. The van der Waals surface area contributed by atoms with Crippen molar-refractivity contribution in [3.63, 3.8) is 0 Å². The van der Waals surface area contributed by atoms with Crippen molar-refractivity contribution in [2.24, 2.45) is 0 Å². The topological polar surface area (TPSA) is 52.3 Å². The van der Waals surface area contributed by atoms with Crippen molar-refractivity contribution in [3.05, 3.63) is 59.4 Å². The Morgan fingerprint density at radius 2 is 1.95 bits per heavy atom. The highest BCUT2D eigenvalue weighted by Gasteiger charge is 2.25. The van der Waals surface area contributed by atoms with E-state index in [4.69, 9.17) is 10.5 Å². The van der Waals surface area contributed by atoms with Crippen LogP contribution in [0.5, 0.6) is 5.75 Å². The molecule has 0 aliphatic heterocycles. The number of ketones is 1. The Labute approximate surface area is 116 Å². The number of ether oxygens (including phenoxy) is 1. The van der Waals surface area contributed by atoms with Crippen LogP contribution in [0.3, 0.4) is 0 Å². The zero-order valence-corrected chi connectivity index (χ0v) is 10.8. The smallest absolute Gasteiger partial charge is 0.195 e. The monoisotopic (exact) mass is 271 g/mol. The maximum absolute atomic E-state index is 13.2. The van der Waals surface area contributed by atoms with Gasteiger partial charge in [-0.3, -0.25) is 4.79 Å². The van der Waals surface area contributed by atoms with Gasteiger partial charge in [0.05, 0.1) is 11.8 Å². The van der Waals surface area contributed by atoms with Crippen LogP contribution in [0.25, 0.3) is 0 Å². The quantitative estimate of drug-likeness (QED) is 0.686. The summed E-state index contributed by atoms with van der Waals surface area (Å²) >= 11 is 0. The fourth-order valence-corrected chi connectivity index (χ4v) is 2.00. The van der Waals surface area contributed by atoms with E-state index in [9.17, 15) is 9.18 Å². The van der Waals surface area contributed by atoms with Gasteiger partial charge >= 0.3 is 0 Å². The minimum Gasteiger partial charge on any atom is -0.488 e. The molecule has 3 nitrogen and oxygen atoms in total. The third kappa shape index (κ3) is 2.50. The average molecular weight is 271 g/mol. The van der Waals surface area contributed by atoms with E-state index < -0.39 is 5.82 Å². The largest absolute Gasteiger partial charge is 0.488 e. The predicted octanol–water partition coefficient (Wildman–Crippen LogP) is 3.18. The lowest BCUT2D eigenvalue weighted by Gasteiger charge is -2.11. The summed E-state index contributed by atoms with van der Waals surface area (Å²) < 4.78 is 18.9. The molecule has 2 N–H and O–H groups in total. The van der Waals surface area contributed by atoms with E-state index in [1.54, 1.807) is 24.3 Å². The zero-order chi connectivity index (χ0) is 14.1. The number of carbonyl (C=O) groups is 1. The Hall–Kier alpha value is -2.36. The molecule has 4 heteroatoms. The molecule has 0 radical (unpaired) electrons. The summed E-state index contributed by atoms with van der Waals surface area (Å²) in [7, 11) is 0. The van der Waals surface area contributed by atoms with E-state index in [0.717, 1.165) is 12.8 Å². The van der Waals surface area contributed by atoms with Crippen LogP contribution in [-0.2, 0) is 0 Å². The molecule has 1 aliphatic rings. The zero-order valence-electron chi connectivity index (χ0n) is 10.8. The minimum atomic E-state index is -0.445. The third-order valence-electron chi connectivity index (χ3n) is 3.22. The Bertz CT molecular complexity index is 665. The first-order chi connectivity index (χ1) is 9.65. The molecule has 0 atom stereocenters. The second kappa shape index (κ2) is 4.96. The summed E-state index contributed by atoms with van der Waals surface area (Å²) in [6.45, 7) is 0. The summed E-state index contributed by atoms with van der Waals surface area (Å²) in [6, 6.07) is 10.7. The number of halogens is 1. The highest BCUT2D eigenvalue weighted by atomic mass is 19.1. The highest BCUT2D eigenvalue weighted by Crippen LogP contribution is 2.33. The molecular formula is C16H14FNO2. The summed E-state index contributed by atoms with van der Waals surface area (Å²) in [5.41, 5.74) is 6.93. The first-order valence-corrected chi connectivity index (χ1v) is 6.50. The van der Waals surface area contributed by atoms with Crippen LogP contribution < -0.4 is 10.5 Å². The predicted molar refractivity (Wildman–Crippen MR) is 74.3 cm³/mol. The second-order valence-electron chi connectivity index (χ2n) is 4.87. The first kappa shape index (κ1) is 12.7. The molecule has 1 saturated carbocycles. The molecule has 2 aromatic carbocycles. The van der Waals surface area contributed by atoms with E-state index in [1.807, 2.05) is 0 Å². The van der Waals surface area contributed by atoms with E-state index in [2.05, 4.69) is 0 Å². The number of hydrogen-bond donors (Lipinski definition) is 1. The minimum absolute atomic E-state index is 0.205. The average Bonchev–Trinajstić information content (AvgIpc) is 3.24. The van der Waals surface area contributed by atoms with Crippen molar-refractivity contribution in [1.29, 1.82) is 0 Å². The third-order valence-corrected chi connectivity index (χ3v) is 3.22. The second-order valence-corrected chi connectivity index (χ2v) is 4.87. The first-order valence-electron chi connectivity index (χ1n) is 6.50. The lowest BCUT2D eigenvalue weighted by molar-refractivity contribution is 0.103. The fraction of sp³-hybridized carbons (Fsp3) is 0.188. The van der Waals surface area contributed by atoms with E-state index in [0.29, 0.717) is 17.0 Å². The van der Waals surface area contributed by atoms with Gasteiger partial charge in [0, 0.05) is 11.1 Å². The summed E-state index contributed by atoms with van der Waals surface area (Å²) in [5, 5.41) is 0. The van der Waals surface area contributed by atoms with Crippen LogP contribution in [0.2, 0.25) is 0 Å². The molecule has 2 aromatic rings. The maximum atomic E-state index is 13.2. The van der Waals surface area contributed by atoms with Gasteiger partial charge in [-0.1, -0.05) is 18.2 Å². The maximum Gasteiger partial charge on any atom is 0.195 e. The number of anilines is 1. The number of nitrogen functional groups attached to an aromatic ring is 1. The Kier molecular flexibility index (Phi) is 3.14. The standard InChI is InChI=1S/C16H14FNO2/c17-11-4-1-3-10(9-11)16(19)13-5-2-6-14(15(13)18)20-12-7-8-12/h1-6,9,12H,7-8,18H2. The number of nitrogens with two attached hydrogens (primary N) is 1. The molecule has 0 heterocycles. The van der Waals surface area contributed by atoms with Gasteiger partial charge in [-0.25, -0.2) is 4.39 Å². The molecule has 0 spiro atoms. The molecule has 0 bridgehead atoms. The Balaban J connectivity index is 1.94. The van der Waals surface area contributed by atoms with Gasteiger partial charge in [-0.2, -0.15) is 0 Å². The number of carbonyl (C=O) groups excluding carboxylic acids is 1. The van der Waals surface area contributed by atoms with Crippen LogP contribution >= 0.6 is 0 Å². The molecule has 0 saturated heterocycles. The van der Waals surface area contributed by atoms with Gasteiger partial charge in [0.2, 0.25) is 0 Å². The van der Waals surface area contributed by atoms with E-state index in [1.165, 1.54) is 18.2 Å². The molecule has 0 unspecified atom stereocenters. The normalized spacial score (nSPS) is 14.1. The summed E-state index contributed by atoms with van der Waals surface area (Å²) in [5.74, 6) is -0.224. The van der Waals surface area contributed by atoms with Gasteiger partial charge in [0.25, 0.3) is 0 Å². The molecule has 1 fully saturated rings. The van der Waals surface area contributed by atoms with Crippen molar-refractivity contribution in [1.82, 2.24) is 0 Å². The molecule has 0 amide bonds. The molecule has 3 rings (SSSR count). The fourth-order valence-electron chi connectivity index (χ4n) is 2.00. The Morgan fingerprint density at radius 3 is 2.65 bits per heavy atom. The molecular weight excluding hydrogens is 257 g/mol. The van der Waals surface area contributed by atoms with Crippen LogP contribution in [-0.4, -0.2) is 11.9 Å². The van der Waals surface area contributed by atoms with Crippen LogP contribution in [0, 0.1) is 5.82 Å². The summed E-state index contributed by atoms with van der Waals surface area (Å²) in [6.07, 6.45) is 2.24. The molecule has 1 aliphatic carbocycles. The van der Waals surface area contributed by atoms with Crippen molar-refractivity contribution < 1.29 is 13.9 Å². The van der Waals surface area contributed by atoms with Gasteiger partial charge < -0.3 is 10.5 Å². The SMILES string of the molecule is Nc1c(OC2CC2)cccc1C(=O)c1cccc(F)c1. The van der Waals surface area contributed by atoms with Gasteiger partial charge in [0.1, 0.15) is 11.6 Å². The number of para-hydroxylation sites is 1. The summed E-state index contributed by atoms with van der Waals surface area (Å²) in [4.78, 5) is 12.4. The van der Waals surface area contributed by atoms with E-state index in [-0.39, 0.29) is 17.5 Å². The van der Waals surface area contributed by atoms with Gasteiger partial charge in [0.15, 0.2) is 5.78 Å². The highest BCUT2D eigenvalue weighted by molar-refractivity contribution is 6.12. The molecule has 102 valence electrons. The van der Waals surface area contributed by atoms with E-state index >= 15 is 0 Å². The number of hydrogen-bond acceptors (Lipinski definition) is 3. The van der Waals surface area contributed by atoms with Crippen molar-refractivity contribution in [2.45, 2.75) is 18.9 Å². The Morgan fingerprint density at radius 1 is 1.20 bits per heavy atom. The van der Waals surface area contributed by atoms with Crippen molar-refractivity contribution in [3.8, 4) is 5.75 Å². The van der Waals surface area contributed by atoms with Crippen LogP contribution in [0.4, 0.5) is 10.1 Å². The van der Waals surface area contributed by atoms with Crippen LogP contribution in [0.1, 0.15) is 28.8 Å². The van der Waals surface area contributed by atoms with Gasteiger partial charge in [-0.15, -0.1) is 0 Å². The van der Waals surface area contributed by atoms with Crippen molar-refractivity contribution >= 4 is 11.5 Å². The van der Waals surface area contributed by atoms with Gasteiger partial charge in [-0.05, 0) is 37.1 Å². The molecule has 0 aromatic heterocycles. The number of rotatable bonds is 4.